The zero-order valence-corrected chi connectivity index (χ0v) is 9.79. The molecule has 1 aromatic rings. The highest BCUT2D eigenvalue weighted by Crippen LogP contribution is 2.37. The van der Waals surface area contributed by atoms with Crippen LogP contribution in [0.2, 0.25) is 0 Å². The molecule has 3 rings (SSSR count). The minimum atomic E-state index is -0.234. The fourth-order valence-corrected chi connectivity index (χ4v) is 2.74. The molecule has 3 nitrogen and oxygen atoms in total. The van der Waals surface area contributed by atoms with Crippen LogP contribution in [0.1, 0.15) is 18.0 Å². The van der Waals surface area contributed by atoms with Gasteiger partial charge >= 0.3 is 0 Å². The molecule has 0 saturated carbocycles. The van der Waals surface area contributed by atoms with Crippen molar-refractivity contribution in [1.82, 2.24) is 10.2 Å². The summed E-state index contributed by atoms with van der Waals surface area (Å²) >= 11 is 0. The Morgan fingerprint density at radius 1 is 1.29 bits per heavy atom. The Balaban J connectivity index is 1.90. The topological polar surface area (TPSA) is 24.5 Å². The molecule has 1 aromatic carbocycles. The molecule has 2 aliphatic rings. The van der Waals surface area contributed by atoms with E-state index in [0.717, 1.165) is 38.2 Å². The van der Waals surface area contributed by atoms with Crippen molar-refractivity contribution in [2.45, 2.75) is 12.5 Å². The van der Waals surface area contributed by atoms with E-state index in [9.17, 15) is 4.39 Å². The maximum absolute atomic E-state index is 13.7. The van der Waals surface area contributed by atoms with Gasteiger partial charge in [-0.2, -0.15) is 0 Å². The average molecular weight is 236 g/mol. The maximum atomic E-state index is 13.7. The van der Waals surface area contributed by atoms with Crippen LogP contribution >= 0.6 is 0 Å². The van der Waals surface area contributed by atoms with Gasteiger partial charge < -0.3 is 10.1 Å². The Hall–Kier alpha value is -1.13. The Morgan fingerprint density at radius 2 is 2.12 bits per heavy atom. The minimum Gasteiger partial charge on any atom is -0.490 e. The molecule has 0 amide bonds. The lowest BCUT2D eigenvalue weighted by atomic mass is 9.98. The van der Waals surface area contributed by atoms with Crippen LogP contribution in [0.15, 0.2) is 18.2 Å². The number of ether oxygens (including phenoxy) is 1. The number of benzene rings is 1. The third-order valence-electron chi connectivity index (χ3n) is 3.59. The zero-order chi connectivity index (χ0) is 11.7. The van der Waals surface area contributed by atoms with Crippen molar-refractivity contribution in [1.29, 1.82) is 0 Å². The molecule has 0 aromatic heterocycles. The number of rotatable bonds is 1. The van der Waals surface area contributed by atoms with Gasteiger partial charge in [-0.25, -0.2) is 4.39 Å². The Labute approximate surface area is 101 Å². The number of para-hydroxylation sites is 1. The van der Waals surface area contributed by atoms with Crippen molar-refractivity contribution in [3.8, 4) is 5.75 Å². The van der Waals surface area contributed by atoms with Gasteiger partial charge in [0, 0.05) is 44.2 Å². The van der Waals surface area contributed by atoms with Gasteiger partial charge in [0.25, 0.3) is 0 Å². The maximum Gasteiger partial charge on any atom is 0.165 e. The van der Waals surface area contributed by atoms with E-state index in [1.54, 1.807) is 6.07 Å². The summed E-state index contributed by atoms with van der Waals surface area (Å²) in [5.41, 5.74) is 1.01. The number of halogens is 1. The third-order valence-corrected chi connectivity index (χ3v) is 3.59. The molecule has 1 fully saturated rings. The monoisotopic (exact) mass is 236 g/mol. The molecular weight excluding hydrogens is 219 g/mol. The van der Waals surface area contributed by atoms with Gasteiger partial charge in [-0.05, 0) is 6.07 Å². The number of piperazine rings is 1. The highest BCUT2D eigenvalue weighted by molar-refractivity contribution is 5.38. The lowest BCUT2D eigenvalue weighted by Gasteiger charge is -2.38. The molecule has 0 radical (unpaired) electrons. The van der Waals surface area contributed by atoms with Crippen LogP contribution in [0, 0.1) is 5.82 Å². The van der Waals surface area contributed by atoms with Crippen LogP contribution in [0.3, 0.4) is 0 Å². The van der Waals surface area contributed by atoms with Gasteiger partial charge in [0.1, 0.15) is 0 Å². The number of hydrogen-bond acceptors (Lipinski definition) is 3. The van der Waals surface area contributed by atoms with E-state index in [1.807, 2.05) is 6.07 Å². The lowest BCUT2D eigenvalue weighted by Crippen LogP contribution is -2.46. The van der Waals surface area contributed by atoms with Crippen molar-refractivity contribution in [2.75, 3.05) is 32.8 Å². The summed E-state index contributed by atoms with van der Waals surface area (Å²) < 4.78 is 19.1. The largest absolute Gasteiger partial charge is 0.490 e. The van der Waals surface area contributed by atoms with E-state index in [-0.39, 0.29) is 5.82 Å². The second-order valence-corrected chi connectivity index (χ2v) is 4.60. The molecular formula is C13H17FN2O. The fourth-order valence-electron chi connectivity index (χ4n) is 2.74. The molecule has 0 bridgehead atoms. The molecule has 4 heteroatoms. The molecule has 1 saturated heterocycles. The smallest absolute Gasteiger partial charge is 0.165 e. The first-order valence-electron chi connectivity index (χ1n) is 6.22. The fraction of sp³-hybridized carbons (Fsp3) is 0.538. The average Bonchev–Trinajstić information content (AvgIpc) is 2.40. The van der Waals surface area contributed by atoms with E-state index in [1.165, 1.54) is 6.07 Å². The highest BCUT2D eigenvalue weighted by atomic mass is 19.1. The molecule has 0 aliphatic carbocycles. The molecule has 2 heterocycles. The van der Waals surface area contributed by atoms with Gasteiger partial charge in [-0.3, -0.25) is 4.90 Å². The van der Waals surface area contributed by atoms with E-state index >= 15 is 0 Å². The van der Waals surface area contributed by atoms with Gasteiger partial charge in [0.2, 0.25) is 0 Å². The predicted molar refractivity (Wildman–Crippen MR) is 63.7 cm³/mol. The lowest BCUT2D eigenvalue weighted by molar-refractivity contribution is 0.123. The van der Waals surface area contributed by atoms with Crippen molar-refractivity contribution in [3.63, 3.8) is 0 Å². The molecule has 1 unspecified atom stereocenters. The van der Waals surface area contributed by atoms with Gasteiger partial charge in [-0.15, -0.1) is 0 Å². The van der Waals surface area contributed by atoms with Crippen LogP contribution in [0.4, 0.5) is 4.39 Å². The standard InChI is InChI=1S/C13H17FN2O/c14-11-3-1-2-10-12(4-9-17-13(10)11)16-7-5-15-6-8-16/h1-3,12,15H,4-9H2. The summed E-state index contributed by atoms with van der Waals surface area (Å²) in [6.07, 6.45) is 0.955. The van der Waals surface area contributed by atoms with Gasteiger partial charge in [0.15, 0.2) is 11.6 Å². The Bertz CT molecular complexity index is 404. The van der Waals surface area contributed by atoms with Gasteiger partial charge in [0.05, 0.1) is 6.61 Å². The SMILES string of the molecule is Fc1cccc2c1OCCC2N1CCNCC1. The van der Waals surface area contributed by atoms with Crippen molar-refractivity contribution < 1.29 is 9.13 Å². The van der Waals surface area contributed by atoms with Gasteiger partial charge in [-0.1, -0.05) is 12.1 Å². The van der Waals surface area contributed by atoms with Crippen molar-refractivity contribution in [2.24, 2.45) is 0 Å². The van der Waals surface area contributed by atoms with E-state index in [0.29, 0.717) is 18.4 Å². The first kappa shape index (κ1) is 11.0. The summed E-state index contributed by atoms with van der Waals surface area (Å²) in [4.78, 5) is 2.43. The molecule has 92 valence electrons. The summed E-state index contributed by atoms with van der Waals surface area (Å²) in [5, 5.41) is 3.34. The second-order valence-electron chi connectivity index (χ2n) is 4.60. The summed E-state index contributed by atoms with van der Waals surface area (Å²) in [7, 11) is 0. The van der Waals surface area contributed by atoms with Crippen molar-refractivity contribution >= 4 is 0 Å². The highest BCUT2D eigenvalue weighted by Gasteiger charge is 2.29. The Morgan fingerprint density at radius 3 is 2.94 bits per heavy atom. The van der Waals surface area contributed by atoms with Crippen LogP contribution in [0.25, 0.3) is 0 Å². The molecule has 0 spiro atoms. The summed E-state index contributed by atoms with van der Waals surface area (Å²) in [6, 6.07) is 5.55. The predicted octanol–water partition coefficient (Wildman–Crippen LogP) is 1.55. The van der Waals surface area contributed by atoms with Crippen molar-refractivity contribution in [3.05, 3.63) is 29.6 Å². The summed E-state index contributed by atoms with van der Waals surface area (Å²) in [5.74, 6) is 0.226. The second kappa shape index (κ2) is 4.63. The number of nitrogens with zero attached hydrogens (tertiary/aromatic N) is 1. The minimum absolute atomic E-state index is 0.234. The van der Waals surface area contributed by atoms with Crippen LogP contribution in [-0.4, -0.2) is 37.7 Å². The molecule has 1 atom stereocenters. The number of fused-ring (bicyclic) bond motifs is 1. The Kier molecular flexibility index (Phi) is 2.99. The molecule has 1 N–H and O–H groups in total. The van der Waals surface area contributed by atoms with Crippen LogP contribution < -0.4 is 10.1 Å². The third kappa shape index (κ3) is 2.03. The molecule has 17 heavy (non-hydrogen) atoms. The quantitative estimate of drug-likeness (QED) is 0.800. The van der Waals surface area contributed by atoms with Crippen LogP contribution in [0.5, 0.6) is 5.75 Å². The van der Waals surface area contributed by atoms with E-state index in [2.05, 4.69) is 10.2 Å². The van der Waals surface area contributed by atoms with E-state index in [4.69, 9.17) is 4.74 Å². The van der Waals surface area contributed by atoms with Crippen LogP contribution in [-0.2, 0) is 0 Å². The molecule has 2 aliphatic heterocycles. The first-order chi connectivity index (χ1) is 8.36. The summed E-state index contributed by atoms with van der Waals surface area (Å²) in [6.45, 7) is 4.70. The normalized spacial score (nSPS) is 25.1. The first-order valence-corrected chi connectivity index (χ1v) is 6.22. The number of nitrogens with one attached hydrogen (secondary N) is 1. The zero-order valence-electron chi connectivity index (χ0n) is 9.79. The van der Waals surface area contributed by atoms with E-state index < -0.39 is 0 Å². The number of hydrogen-bond donors (Lipinski definition) is 1.